The number of carbonyl (C=O) groups is 1. The average Bonchev–Trinajstić information content (AvgIpc) is 3.18. The quantitative estimate of drug-likeness (QED) is 0.694. The van der Waals surface area contributed by atoms with E-state index in [1.54, 1.807) is 23.6 Å². The monoisotopic (exact) mass is 317 g/mol. The van der Waals surface area contributed by atoms with Crippen molar-refractivity contribution in [2.24, 2.45) is 0 Å². The van der Waals surface area contributed by atoms with E-state index in [2.05, 4.69) is 0 Å². The van der Waals surface area contributed by atoms with Crippen molar-refractivity contribution in [2.75, 3.05) is 0 Å². The van der Waals surface area contributed by atoms with Gasteiger partial charge < -0.3 is 0 Å². The van der Waals surface area contributed by atoms with Gasteiger partial charge in [-0.1, -0.05) is 36.4 Å². The predicted molar refractivity (Wildman–Crippen MR) is 82.2 cm³/mol. The summed E-state index contributed by atoms with van der Waals surface area (Å²) in [5, 5.41) is 1.71. The molecule has 0 bridgehead atoms. The zero-order valence-electron chi connectivity index (χ0n) is 10.8. The number of carbonyl (C=O) groups excluding carboxylic acids is 1. The van der Waals surface area contributed by atoms with Crippen LogP contribution in [0, 0.1) is 0 Å². The number of benzene rings is 1. The zero-order chi connectivity index (χ0) is 14.9. The van der Waals surface area contributed by atoms with Crippen LogP contribution in [0.25, 0.3) is 11.3 Å². The van der Waals surface area contributed by atoms with Crippen LogP contribution >= 0.6 is 11.3 Å². The molecule has 2 aromatic heterocycles. The lowest BCUT2D eigenvalue weighted by atomic mass is 10.1. The largest absolute Gasteiger partial charge is 0.298 e. The van der Waals surface area contributed by atoms with Gasteiger partial charge in [-0.25, -0.2) is 3.97 Å². The molecule has 2 heterocycles. The maximum Gasteiger partial charge on any atom is 0.277 e. The fourth-order valence-electron chi connectivity index (χ4n) is 2.05. The van der Waals surface area contributed by atoms with E-state index in [0.717, 1.165) is 20.9 Å². The molecule has 0 aliphatic rings. The fraction of sp³-hybridized carbons (Fsp3) is 0. The molecule has 3 aromatic rings. The summed E-state index contributed by atoms with van der Waals surface area (Å²) >= 11 is 1.15. The lowest BCUT2D eigenvalue weighted by Gasteiger charge is -2.08. The van der Waals surface area contributed by atoms with Crippen molar-refractivity contribution in [3.05, 3.63) is 65.7 Å². The topological polar surface area (TPSA) is 56.1 Å². The van der Waals surface area contributed by atoms with Gasteiger partial charge in [0.05, 0.1) is 5.69 Å². The molecule has 0 N–H and O–H groups in total. The van der Waals surface area contributed by atoms with E-state index in [0.29, 0.717) is 17.5 Å². The van der Waals surface area contributed by atoms with Crippen molar-refractivity contribution in [3.8, 4) is 11.3 Å². The normalized spacial score (nSPS) is 11.4. The van der Waals surface area contributed by atoms with E-state index in [-0.39, 0.29) is 4.21 Å². The van der Waals surface area contributed by atoms with Crippen molar-refractivity contribution < 1.29 is 13.2 Å². The molecule has 4 nitrogen and oxygen atoms in total. The molecule has 1 aromatic carbocycles. The Morgan fingerprint density at radius 2 is 1.81 bits per heavy atom. The minimum absolute atomic E-state index is 0.243. The molecule has 0 fully saturated rings. The summed E-state index contributed by atoms with van der Waals surface area (Å²) in [6.07, 6.45) is 2.00. The number of nitrogens with zero attached hydrogens (tertiary/aromatic N) is 1. The van der Waals surface area contributed by atoms with Gasteiger partial charge in [0.25, 0.3) is 10.0 Å². The number of hydrogen-bond acceptors (Lipinski definition) is 4. The zero-order valence-corrected chi connectivity index (χ0v) is 12.5. The summed E-state index contributed by atoms with van der Waals surface area (Å²) in [7, 11) is -3.69. The molecular formula is C15H11NO3S2. The minimum Gasteiger partial charge on any atom is -0.298 e. The number of rotatable bonds is 4. The Morgan fingerprint density at radius 3 is 2.43 bits per heavy atom. The van der Waals surface area contributed by atoms with E-state index in [4.69, 9.17) is 0 Å². The van der Waals surface area contributed by atoms with Gasteiger partial charge >= 0.3 is 0 Å². The highest BCUT2D eigenvalue weighted by molar-refractivity contribution is 7.92. The highest BCUT2D eigenvalue weighted by atomic mass is 32.2. The van der Waals surface area contributed by atoms with Gasteiger partial charge in [-0.05, 0) is 23.1 Å². The first kappa shape index (κ1) is 13.8. The Hall–Kier alpha value is -2.18. The summed E-state index contributed by atoms with van der Waals surface area (Å²) in [6.45, 7) is 0. The maximum absolute atomic E-state index is 12.7. The molecule has 0 saturated heterocycles. The Morgan fingerprint density at radius 1 is 1.05 bits per heavy atom. The van der Waals surface area contributed by atoms with E-state index in [1.165, 1.54) is 6.20 Å². The Kier molecular flexibility index (Phi) is 3.48. The third-order valence-electron chi connectivity index (χ3n) is 3.02. The molecule has 0 radical (unpaired) electrons. The van der Waals surface area contributed by atoms with Crippen LogP contribution in [0.15, 0.2) is 64.3 Å². The van der Waals surface area contributed by atoms with Gasteiger partial charge in [0.1, 0.15) is 4.21 Å². The van der Waals surface area contributed by atoms with E-state index >= 15 is 0 Å². The third kappa shape index (κ3) is 2.43. The standard InChI is InChI=1S/C15H11NO3S2/c17-11-12-9-14(13-5-2-1-3-6-13)16(10-12)21(18,19)15-7-4-8-20-15/h1-11H. The van der Waals surface area contributed by atoms with Crippen LogP contribution in [-0.2, 0) is 10.0 Å². The second-order valence-corrected chi connectivity index (χ2v) is 7.36. The third-order valence-corrected chi connectivity index (χ3v) is 6.07. The Bertz CT molecular complexity index is 863. The summed E-state index contributed by atoms with van der Waals surface area (Å²) in [6, 6.07) is 13.9. The molecule has 6 heteroatoms. The summed E-state index contributed by atoms with van der Waals surface area (Å²) in [4.78, 5) is 11.0. The second-order valence-electron chi connectivity index (χ2n) is 4.38. The fourth-order valence-corrected chi connectivity index (χ4v) is 4.52. The summed E-state index contributed by atoms with van der Waals surface area (Å²) in [5.41, 5.74) is 1.55. The van der Waals surface area contributed by atoms with Crippen LogP contribution in [-0.4, -0.2) is 18.7 Å². The van der Waals surface area contributed by atoms with Crippen LogP contribution < -0.4 is 0 Å². The molecule has 0 aliphatic heterocycles. The van der Waals surface area contributed by atoms with Crippen LogP contribution in [0.1, 0.15) is 10.4 Å². The van der Waals surface area contributed by atoms with Crippen molar-refractivity contribution in [2.45, 2.75) is 4.21 Å². The first-order chi connectivity index (χ1) is 10.1. The number of hydrogen-bond donors (Lipinski definition) is 0. The Balaban J connectivity index is 2.24. The van der Waals surface area contributed by atoms with Gasteiger partial charge in [0.15, 0.2) is 6.29 Å². The van der Waals surface area contributed by atoms with Gasteiger partial charge in [-0.2, -0.15) is 8.42 Å². The molecule has 0 atom stereocenters. The predicted octanol–water partition coefficient (Wildman–Crippen LogP) is 3.27. The average molecular weight is 317 g/mol. The molecule has 21 heavy (non-hydrogen) atoms. The van der Waals surface area contributed by atoms with Gasteiger partial charge in [-0.3, -0.25) is 4.79 Å². The molecular weight excluding hydrogens is 306 g/mol. The number of thiophene rings is 1. The molecule has 0 amide bonds. The minimum atomic E-state index is -3.69. The molecule has 0 spiro atoms. The molecule has 0 saturated carbocycles. The molecule has 106 valence electrons. The number of aldehydes is 1. The maximum atomic E-state index is 12.7. The highest BCUT2D eigenvalue weighted by Crippen LogP contribution is 2.28. The van der Waals surface area contributed by atoms with Gasteiger partial charge in [0.2, 0.25) is 0 Å². The Labute approximate surface area is 126 Å². The second kappa shape index (κ2) is 5.31. The first-order valence-electron chi connectivity index (χ1n) is 6.15. The van der Waals surface area contributed by atoms with Crippen molar-refractivity contribution in [3.63, 3.8) is 0 Å². The lowest BCUT2D eigenvalue weighted by Crippen LogP contribution is -2.11. The van der Waals surface area contributed by atoms with E-state index in [1.807, 2.05) is 30.3 Å². The molecule has 0 aliphatic carbocycles. The van der Waals surface area contributed by atoms with Crippen molar-refractivity contribution in [1.29, 1.82) is 0 Å². The van der Waals surface area contributed by atoms with Gasteiger partial charge in [0, 0.05) is 11.8 Å². The van der Waals surface area contributed by atoms with E-state index < -0.39 is 10.0 Å². The molecule has 3 rings (SSSR count). The summed E-state index contributed by atoms with van der Waals surface area (Å²) < 4.78 is 26.8. The summed E-state index contributed by atoms with van der Waals surface area (Å²) in [5.74, 6) is 0. The smallest absolute Gasteiger partial charge is 0.277 e. The number of aromatic nitrogens is 1. The van der Waals surface area contributed by atoms with Crippen molar-refractivity contribution >= 4 is 27.6 Å². The SMILES string of the molecule is O=Cc1cc(-c2ccccc2)n(S(=O)(=O)c2cccs2)c1. The lowest BCUT2D eigenvalue weighted by molar-refractivity contribution is 0.112. The van der Waals surface area contributed by atoms with Crippen LogP contribution in [0.5, 0.6) is 0 Å². The van der Waals surface area contributed by atoms with E-state index in [9.17, 15) is 13.2 Å². The van der Waals surface area contributed by atoms with Crippen molar-refractivity contribution in [1.82, 2.24) is 3.97 Å². The van der Waals surface area contributed by atoms with Gasteiger partial charge in [-0.15, -0.1) is 11.3 Å². The first-order valence-corrected chi connectivity index (χ1v) is 8.47. The van der Waals surface area contributed by atoms with Crippen LogP contribution in [0.3, 0.4) is 0 Å². The molecule has 0 unspecified atom stereocenters. The highest BCUT2D eigenvalue weighted by Gasteiger charge is 2.22. The van der Waals surface area contributed by atoms with Crippen LogP contribution in [0.2, 0.25) is 0 Å². The van der Waals surface area contributed by atoms with Crippen LogP contribution in [0.4, 0.5) is 0 Å².